The molecule has 11 heavy (non-hydrogen) atoms. The van der Waals surface area contributed by atoms with Crippen molar-refractivity contribution in [2.45, 2.75) is 6.92 Å². The van der Waals surface area contributed by atoms with E-state index >= 15 is 0 Å². The van der Waals surface area contributed by atoms with E-state index in [0.29, 0.717) is 5.28 Å². The van der Waals surface area contributed by atoms with Crippen LogP contribution in [0.15, 0.2) is 12.4 Å². The van der Waals surface area contributed by atoms with E-state index < -0.39 is 0 Å². The Hall–Kier alpha value is -1.09. The number of aromatic amines is 1. The van der Waals surface area contributed by atoms with E-state index in [1.165, 1.54) is 0 Å². The van der Waals surface area contributed by atoms with Crippen LogP contribution in [0.2, 0.25) is 5.28 Å². The lowest BCUT2D eigenvalue weighted by atomic mass is 10.3. The Bertz CT molecular complexity index is 393. The molecule has 2 rings (SSSR count). The SMILES string of the molecule is Cc1c[nH]c2cnc(Cl)nc12. The third-order valence-corrected chi connectivity index (χ3v) is 1.76. The molecule has 0 atom stereocenters. The molecule has 56 valence electrons. The second-order valence-corrected chi connectivity index (χ2v) is 2.71. The summed E-state index contributed by atoms with van der Waals surface area (Å²) in [5.41, 5.74) is 2.90. The molecule has 0 aliphatic carbocycles. The Morgan fingerprint density at radius 2 is 2.36 bits per heavy atom. The highest BCUT2D eigenvalue weighted by Gasteiger charge is 2.00. The summed E-state index contributed by atoms with van der Waals surface area (Å²) < 4.78 is 0. The van der Waals surface area contributed by atoms with Gasteiger partial charge in [-0.25, -0.2) is 9.97 Å². The molecule has 2 aromatic heterocycles. The maximum atomic E-state index is 5.61. The topological polar surface area (TPSA) is 41.6 Å². The average Bonchev–Trinajstić information content (AvgIpc) is 2.33. The lowest BCUT2D eigenvalue weighted by Crippen LogP contribution is -1.81. The number of aryl methyl sites for hydroxylation is 1. The molecule has 0 saturated heterocycles. The lowest BCUT2D eigenvalue weighted by molar-refractivity contribution is 1.21. The zero-order valence-corrected chi connectivity index (χ0v) is 6.68. The van der Waals surface area contributed by atoms with Gasteiger partial charge in [-0.3, -0.25) is 0 Å². The first-order chi connectivity index (χ1) is 5.27. The predicted molar refractivity (Wildman–Crippen MR) is 43.6 cm³/mol. The van der Waals surface area contributed by atoms with Crippen molar-refractivity contribution in [1.82, 2.24) is 15.0 Å². The fourth-order valence-corrected chi connectivity index (χ4v) is 1.15. The normalized spacial score (nSPS) is 10.7. The summed E-state index contributed by atoms with van der Waals surface area (Å²) in [4.78, 5) is 10.9. The van der Waals surface area contributed by atoms with Crippen LogP contribution in [0.4, 0.5) is 0 Å². The fourth-order valence-electron chi connectivity index (χ4n) is 1.02. The van der Waals surface area contributed by atoms with Gasteiger partial charge in [0.25, 0.3) is 0 Å². The molecule has 0 saturated carbocycles. The molecule has 0 radical (unpaired) electrons. The Balaban J connectivity index is 2.87. The second-order valence-electron chi connectivity index (χ2n) is 2.37. The van der Waals surface area contributed by atoms with Gasteiger partial charge in [0.2, 0.25) is 5.28 Å². The first-order valence-corrected chi connectivity index (χ1v) is 3.61. The van der Waals surface area contributed by atoms with Gasteiger partial charge in [-0.05, 0) is 24.1 Å². The minimum atomic E-state index is 0.292. The Morgan fingerprint density at radius 1 is 1.55 bits per heavy atom. The van der Waals surface area contributed by atoms with Gasteiger partial charge in [-0.1, -0.05) is 0 Å². The quantitative estimate of drug-likeness (QED) is 0.609. The predicted octanol–water partition coefficient (Wildman–Crippen LogP) is 1.92. The third-order valence-electron chi connectivity index (χ3n) is 1.58. The van der Waals surface area contributed by atoms with Crippen molar-refractivity contribution in [3.05, 3.63) is 23.2 Å². The van der Waals surface area contributed by atoms with Gasteiger partial charge in [0.1, 0.15) is 0 Å². The first kappa shape index (κ1) is 6.61. The zero-order chi connectivity index (χ0) is 7.84. The Kier molecular flexibility index (Phi) is 1.32. The Morgan fingerprint density at radius 3 is 3.18 bits per heavy atom. The molecular weight excluding hydrogens is 162 g/mol. The number of H-pyrrole nitrogens is 1. The number of hydrogen-bond donors (Lipinski definition) is 1. The van der Waals surface area contributed by atoms with Crippen molar-refractivity contribution in [3.63, 3.8) is 0 Å². The maximum Gasteiger partial charge on any atom is 0.223 e. The lowest BCUT2D eigenvalue weighted by Gasteiger charge is -1.89. The van der Waals surface area contributed by atoms with Gasteiger partial charge in [0.05, 0.1) is 17.2 Å². The molecule has 0 fully saturated rings. The van der Waals surface area contributed by atoms with Crippen LogP contribution in [0.1, 0.15) is 5.56 Å². The van der Waals surface area contributed by atoms with Crippen LogP contribution < -0.4 is 0 Å². The van der Waals surface area contributed by atoms with Crippen LogP contribution in [0.25, 0.3) is 11.0 Å². The maximum absolute atomic E-state index is 5.61. The number of aromatic nitrogens is 3. The van der Waals surface area contributed by atoms with Crippen LogP contribution in [0.5, 0.6) is 0 Å². The largest absolute Gasteiger partial charge is 0.358 e. The van der Waals surface area contributed by atoms with E-state index in [-0.39, 0.29) is 0 Å². The van der Waals surface area contributed by atoms with Crippen molar-refractivity contribution >= 4 is 22.6 Å². The van der Waals surface area contributed by atoms with Crippen LogP contribution in [-0.4, -0.2) is 15.0 Å². The summed E-state index contributed by atoms with van der Waals surface area (Å²) in [5, 5.41) is 0.292. The molecule has 0 aromatic carbocycles. The van der Waals surface area contributed by atoms with Crippen LogP contribution in [-0.2, 0) is 0 Å². The molecule has 1 N–H and O–H groups in total. The molecule has 2 heterocycles. The highest BCUT2D eigenvalue weighted by atomic mass is 35.5. The molecule has 0 aliphatic rings. The van der Waals surface area contributed by atoms with Gasteiger partial charge in [-0.2, -0.15) is 0 Å². The molecule has 0 spiro atoms. The summed E-state index contributed by atoms with van der Waals surface area (Å²) in [5.74, 6) is 0. The minimum Gasteiger partial charge on any atom is -0.358 e. The average molecular weight is 168 g/mol. The number of hydrogen-bond acceptors (Lipinski definition) is 2. The summed E-state index contributed by atoms with van der Waals surface area (Å²) in [6.45, 7) is 1.97. The van der Waals surface area contributed by atoms with E-state index in [4.69, 9.17) is 11.6 Å². The fraction of sp³-hybridized carbons (Fsp3) is 0.143. The summed E-state index contributed by atoms with van der Waals surface area (Å²) >= 11 is 5.61. The van der Waals surface area contributed by atoms with Crippen molar-refractivity contribution in [3.8, 4) is 0 Å². The Labute approximate surface area is 68.4 Å². The smallest absolute Gasteiger partial charge is 0.223 e. The number of nitrogens with one attached hydrogen (secondary N) is 1. The molecule has 0 unspecified atom stereocenters. The zero-order valence-electron chi connectivity index (χ0n) is 5.93. The van der Waals surface area contributed by atoms with E-state index in [1.54, 1.807) is 6.20 Å². The molecule has 3 nitrogen and oxygen atoms in total. The molecule has 4 heteroatoms. The number of rotatable bonds is 0. The van der Waals surface area contributed by atoms with Gasteiger partial charge in [0.15, 0.2) is 0 Å². The van der Waals surface area contributed by atoms with E-state index in [1.807, 2.05) is 13.1 Å². The second kappa shape index (κ2) is 2.20. The minimum absolute atomic E-state index is 0.292. The molecular formula is C7H6ClN3. The van der Waals surface area contributed by atoms with Crippen molar-refractivity contribution in [1.29, 1.82) is 0 Å². The van der Waals surface area contributed by atoms with Gasteiger partial charge in [-0.15, -0.1) is 0 Å². The van der Waals surface area contributed by atoms with E-state index in [0.717, 1.165) is 16.6 Å². The third kappa shape index (κ3) is 0.973. The first-order valence-electron chi connectivity index (χ1n) is 3.23. The van der Waals surface area contributed by atoms with Crippen LogP contribution in [0.3, 0.4) is 0 Å². The summed E-state index contributed by atoms with van der Waals surface area (Å²) in [6.07, 6.45) is 3.56. The molecule has 0 bridgehead atoms. The number of nitrogens with zero attached hydrogens (tertiary/aromatic N) is 2. The summed E-state index contributed by atoms with van der Waals surface area (Å²) in [6, 6.07) is 0. The van der Waals surface area contributed by atoms with Crippen LogP contribution in [0, 0.1) is 6.92 Å². The standard InChI is InChI=1S/C7H6ClN3/c1-4-2-9-5-3-10-7(8)11-6(4)5/h2-3,9H,1H3. The summed E-state index contributed by atoms with van der Waals surface area (Å²) in [7, 11) is 0. The highest BCUT2D eigenvalue weighted by molar-refractivity contribution is 6.28. The monoisotopic (exact) mass is 167 g/mol. The van der Waals surface area contributed by atoms with E-state index in [2.05, 4.69) is 15.0 Å². The molecule has 0 aliphatic heterocycles. The van der Waals surface area contributed by atoms with Crippen molar-refractivity contribution in [2.75, 3.05) is 0 Å². The molecule has 0 amide bonds. The van der Waals surface area contributed by atoms with Gasteiger partial charge in [0, 0.05) is 6.20 Å². The van der Waals surface area contributed by atoms with Gasteiger partial charge >= 0.3 is 0 Å². The number of halogens is 1. The van der Waals surface area contributed by atoms with E-state index in [9.17, 15) is 0 Å². The molecule has 2 aromatic rings. The van der Waals surface area contributed by atoms with Crippen LogP contribution >= 0.6 is 11.6 Å². The van der Waals surface area contributed by atoms with Crippen molar-refractivity contribution < 1.29 is 0 Å². The van der Waals surface area contributed by atoms with Crippen molar-refractivity contribution in [2.24, 2.45) is 0 Å². The number of fused-ring (bicyclic) bond motifs is 1. The highest BCUT2D eigenvalue weighted by Crippen LogP contribution is 2.14. The van der Waals surface area contributed by atoms with Gasteiger partial charge < -0.3 is 4.98 Å².